The fraction of sp³-hybridized carbons (Fsp3) is 0.625. The van der Waals surface area contributed by atoms with Gasteiger partial charge in [-0.05, 0) is 12.2 Å². The number of thioether (sulfide) groups is 1. The number of aromatic nitrogens is 1. The first kappa shape index (κ1) is 8.65. The second-order valence-electron chi connectivity index (χ2n) is 2.74. The summed E-state index contributed by atoms with van der Waals surface area (Å²) in [6, 6.07) is 0. The molecule has 62 valence electrons. The van der Waals surface area contributed by atoms with Crippen molar-refractivity contribution in [3.63, 3.8) is 0 Å². The zero-order valence-electron chi connectivity index (χ0n) is 7.13. The first-order valence-corrected chi connectivity index (χ1v) is 4.76. The zero-order valence-corrected chi connectivity index (χ0v) is 7.94. The van der Waals surface area contributed by atoms with E-state index in [1.165, 1.54) is 0 Å². The first-order valence-electron chi connectivity index (χ1n) is 3.71. The molecular formula is C8H13NOS. The summed E-state index contributed by atoms with van der Waals surface area (Å²) in [6.45, 7) is 6.27. The number of hydrogen-bond donors (Lipinski definition) is 0. The van der Waals surface area contributed by atoms with Gasteiger partial charge < -0.3 is 4.42 Å². The standard InChI is InChI=1S/C8H13NOS/c1-6(2)11-5-8-9-7(3)4-10-8/h4,6H,5H2,1-3H3. The van der Waals surface area contributed by atoms with E-state index in [2.05, 4.69) is 18.8 Å². The Morgan fingerprint density at radius 2 is 2.36 bits per heavy atom. The van der Waals surface area contributed by atoms with Crippen LogP contribution < -0.4 is 0 Å². The fourth-order valence-corrected chi connectivity index (χ4v) is 1.32. The average molecular weight is 171 g/mol. The molecule has 0 saturated heterocycles. The summed E-state index contributed by atoms with van der Waals surface area (Å²) < 4.78 is 5.18. The van der Waals surface area contributed by atoms with Crippen molar-refractivity contribution in [2.75, 3.05) is 0 Å². The average Bonchev–Trinajstić information content (AvgIpc) is 2.31. The van der Waals surface area contributed by atoms with Crippen molar-refractivity contribution in [3.8, 4) is 0 Å². The van der Waals surface area contributed by atoms with Crippen molar-refractivity contribution in [2.45, 2.75) is 31.8 Å². The van der Waals surface area contributed by atoms with E-state index >= 15 is 0 Å². The van der Waals surface area contributed by atoms with E-state index in [1.807, 2.05) is 18.7 Å². The van der Waals surface area contributed by atoms with Crippen LogP contribution in [0.25, 0.3) is 0 Å². The molecule has 3 heteroatoms. The van der Waals surface area contributed by atoms with Crippen molar-refractivity contribution in [1.29, 1.82) is 0 Å². The van der Waals surface area contributed by atoms with Gasteiger partial charge >= 0.3 is 0 Å². The molecule has 0 bridgehead atoms. The van der Waals surface area contributed by atoms with Crippen LogP contribution in [0.3, 0.4) is 0 Å². The Labute approximate surface area is 71.4 Å². The molecule has 0 aromatic carbocycles. The van der Waals surface area contributed by atoms with Gasteiger partial charge in [0.15, 0.2) is 0 Å². The lowest BCUT2D eigenvalue weighted by Gasteiger charge is -1.99. The predicted octanol–water partition coefficient (Wildman–Crippen LogP) is 2.62. The molecule has 0 aliphatic heterocycles. The third-order valence-corrected chi connectivity index (χ3v) is 2.29. The Morgan fingerprint density at radius 3 is 2.82 bits per heavy atom. The van der Waals surface area contributed by atoms with Crippen LogP contribution in [0, 0.1) is 6.92 Å². The van der Waals surface area contributed by atoms with Crippen LogP contribution in [-0.4, -0.2) is 10.2 Å². The molecule has 2 nitrogen and oxygen atoms in total. The topological polar surface area (TPSA) is 26.0 Å². The molecule has 11 heavy (non-hydrogen) atoms. The predicted molar refractivity (Wildman–Crippen MR) is 47.7 cm³/mol. The van der Waals surface area contributed by atoms with Gasteiger partial charge in [0, 0.05) is 0 Å². The highest BCUT2D eigenvalue weighted by atomic mass is 32.2. The zero-order chi connectivity index (χ0) is 8.27. The third-order valence-electron chi connectivity index (χ3n) is 1.21. The maximum Gasteiger partial charge on any atom is 0.204 e. The number of oxazole rings is 1. The number of aryl methyl sites for hydroxylation is 1. The smallest absolute Gasteiger partial charge is 0.204 e. The summed E-state index contributed by atoms with van der Waals surface area (Å²) >= 11 is 1.84. The van der Waals surface area contributed by atoms with Crippen LogP contribution >= 0.6 is 11.8 Å². The van der Waals surface area contributed by atoms with E-state index in [1.54, 1.807) is 6.26 Å². The minimum Gasteiger partial charge on any atom is -0.448 e. The maximum absolute atomic E-state index is 5.18. The molecule has 0 atom stereocenters. The largest absolute Gasteiger partial charge is 0.448 e. The lowest BCUT2D eigenvalue weighted by molar-refractivity contribution is 0.516. The third kappa shape index (κ3) is 2.97. The Morgan fingerprint density at radius 1 is 1.64 bits per heavy atom. The Balaban J connectivity index is 2.39. The van der Waals surface area contributed by atoms with E-state index in [4.69, 9.17) is 4.42 Å². The van der Waals surface area contributed by atoms with Crippen LogP contribution in [0.5, 0.6) is 0 Å². The molecule has 1 aromatic heterocycles. The Kier molecular flexibility index (Phi) is 3.00. The molecule has 1 heterocycles. The molecule has 1 aromatic rings. The molecule has 0 N–H and O–H groups in total. The second-order valence-corrected chi connectivity index (χ2v) is 4.31. The minimum absolute atomic E-state index is 0.641. The molecule has 1 rings (SSSR count). The number of nitrogens with zero attached hydrogens (tertiary/aromatic N) is 1. The van der Waals surface area contributed by atoms with Crippen molar-refractivity contribution in [3.05, 3.63) is 17.8 Å². The monoisotopic (exact) mass is 171 g/mol. The van der Waals surface area contributed by atoms with Gasteiger partial charge in [-0.2, -0.15) is 0 Å². The molecule has 0 aliphatic carbocycles. The molecule has 0 amide bonds. The SMILES string of the molecule is Cc1coc(CSC(C)C)n1. The summed E-state index contributed by atoms with van der Waals surface area (Å²) in [5, 5.41) is 0.641. The van der Waals surface area contributed by atoms with Gasteiger partial charge in [-0.15, -0.1) is 11.8 Å². The van der Waals surface area contributed by atoms with Gasteiger partial charge in [0.1, 0.15) is 6.26 Å². The van der Waals surface area contributed by atoms with Crippen molar-refractivity contribution in [1.82, 2.24) is 4.98 Å². The Hall–Kier alpha value is -0.440. The quantitative estimate of drug-likeness (QED) is 0.699. The van der Waals surface area contributed by atoms with Gasteiger partial charge in [-0.1, -0.05) is 13.8 Å². The van der Waals surface area contributed by atoms with Crippen molar-refractivity contribution in [2.24, 2.45) is 0 Å². The molecular weight excluding hydrogens is 158 g/mol. The van der Waals surface area contributed by atoms with Gasteiger partial charge in [-0.25, -0.2) is 4.98 Å². The summed E-state index contributed by atoms with van der Waals surface area (Å²) in [4.78, 5) is 4.20. The van der Waals surface area contributed by atoms with Crippen molar-refractivity contribution < 1.29 is 4.42 Å². The molecule has 0 fully saturated rings. The molecule has 0 aliphatic rings. The Bertz CT molecular complexity index is 220. The lowest BCUT2D eigenvalue weighted by Crippen LogP contribution is -1.88. The summed E-state index contributed by atoms with van der Waals surface area (Å²) in [5.41, 5.74) is 0.962. The molecule has 0 unspecified atom stereocenters. The van der Waals surface area contributed by atoms with Gasteiger partial charge in [-0.3, -0.25) is 0 Å². The summed E-state index contributed by atoms with van der Waals surface area (Å²) in [6.07, 6.45) is 1.69. The van der Waals surface area contributed by atoms with Gasteiger partial charge in [0.2, 0.25) is 5.89 Å². The molecule has 0 saturated carbocycles. The van der Waals surface area contributed by atoms with E-state index in [0.717, 1.165) is 17.3 Å². The van der Waals surface area contributed by atoms with Crippen molar-refractivity contribution >= 4 is 11.8 Å². The highest BCUT2D eigenvalue weighted by molar-refractivity contribution is 7.99. The van der Waals surface area contributed by atoms with E-state index in [9.17, 15) is 0 Å². The molecule has 0 spiro atoms. The summed E-state index contributed by atoms with van der Waals surface area (Å²) in [7, 11) is 0. The van der Waals surface area contributed by atoms with Crippen LogP contribution in [0.15, 0.2) is 10.7 Å². The lowest BCUT2D eigenvalue weighted by atomic mass is 10.6. The highest BCUT2D eigenvalue weighted by Gasteiger charge is 2.01. The van der Waals surface area contributed by atoms with Gasteiger partial charge in [0.25, 0.3) is 0 Å². The van der Waals surface area contributed by atoms with Crippen LogP contribution in [0.1, 0.15) is 25.4 Å². The summed E-state index contributed by atoms with van der Waals surface area (Å²) in [5.74, 6) is 1.71. The van der Waals surface area contributed by atoms with Crippen LogP contribution in [0.2, 0.25) is 0 Å². The normalized spacial score (nSPS) is 10.9. The van der Waals surface area contributed by atoms with E-state index in [0.29, 0.717) is 5.25 Å². The first-order chi connectivity index (χ1) is 5.18. The van der Waals surface area contributed by atoms with Crippen LogP contribution in [-0.2, 0) is 5.75 Å². The molecule has 0 radical (unpaired) electrons. The van der Waals surface area contributed by atoms with Gasteiger partial charge in [0.05, 0.1) is 11.4 Å². The van der Waals surface area contributed by atoms with Crippen LogP contribution in [0.4, 0.5) is 0 Å². The van der Waals surface area contributed by atoms with E-state index < -0.39 is 0 Å². The highest BCUT2D eigenvalue weighted by Crippen LogP contribution is 2.15. The van der Waals surface area contributed by atoms with E-state index in [-0.39, 0.29) is 0 Å². The number of rotatable bonds is 3. The minimum atomic E-state index is 0.641. The fourth-order valence-electron chi connectivity index (χ4n) is 0.707. The number of hydrogen-bond acceptors (Lipinski definition) is 3. The second kappa shape index (κ2) is 3.81. The maximum atomic E-state index is 5.18.